The summed E-state index contributed by atoms with van der Waals surface area (Å²) in [4.78, 5) is 13.0. The molecule has 4 rings (SSSR count). The largest absolute Gasteiger partial charge is 0.489 e. The van der Waals surface area contributed by atoms with Crippen LogP contribution in [0.15, 0.2) is 83.8 Å². The van der Waals surface area contributed by atoms with E-state index in [1.807, 2.05) is 30.3 Å². The Labute approximate surface area is 199 Å². The van der Waals surface area contributed by atoms with Gasteiger partial charge < -0.3 is 10.1 Å². The molecule has 1 N–H and O–H groups in total. The molecule has 0 aromatic heterocycles. The summed E-state index contributed by atoms with van der Waals surface area (Å²) < 4.78 is 33.1. The first-order chi connectivity index (χ1) is 15.9. The zero-order valence-electron chi connectivity index (χ0n) is 18.0. The van der Waals surface area contributed by atoms with Crippen molar-refractivity contribution in [2.45, 2.75) is 24.3 Å². The Hall–Kier alpha value is -2.87. The molecule has 1 fully saturated rings. The fourth-order valence-corrected chi connectivity index (χ4v) is 5.40. The SMILES string of the molecule is O=C(Nc1ccc(OCc2ccccc2)cc1)[C@H]1CCCN(S(=O)(=O)c2ccc(Cl)cc2)C1. The number of piperidine rings is 1. The molecule has 1 amide bonds. The number of ether oxygens (including phenoxy) is 1. The fourth-order valence-electron chi connectivity index (χ4n) is 3.75. The monoisotopic (exact) mass is 484 g/mol. The Balaban J connectivity index is 1.34. The highest BCUT2D eigenvalue weighted by Gasteiger charge is 2.33. The molecule has 0 saturated carbocycles. The topological polar surface area (TPSA) is 75.7 Å². The lowest BCUT2D eigenvalue weighted by molar-refractivity contribution is -0.120. The van der Waals surface area contributed by atoms with Gasteiger partial charge in [0.25, 0.3) is 0 Å². The third-order valence-electron chi connectivity index (χ3n) is 5.58. The van der Waals surface area contributed by atoms with E-state index in [9.17, 15) is 13.2 Å². The van der Waals surface area contributed by atoms with Gasteiger partial charge in [-0.15, -0.1) is 0 Å². The molecule has 1 atom stereocenters. The Morgan fingerprint density at radius 1 is 1.00 bits per heavy atom. The molecular formula is C25H25ClN2O4S. The summed E-state index contributed by atoms with van der Waals surface area (Å²) in [5, 5.41) is 3.37. The first-order valence-corrected chi connectivity index (χ1v) is 12.6. The lowest BCUT2D eigenvalue weighted by Gasteiger charge is -2.31. The maximum absolute atomic E-state index is 13.0. The van der Waals surface area contributed by atoms with Crippen LogP contribution < -0.4 is 10.1 Å². The van der Waals surface area contributed by atoms with E-state index in [4.69, 9.17) is 16.3 Å². The molecule has 1 heterocycles. The molecule has 3 aromatic rings. The number of amides is 1. The van der Waals surface area contributed by atoms with Crippen LogP contribution in [0, 0.1) is 5.92 Å². The van der Waals surface area contributed by atoms with Crippen LogP contribution in [0.1, 0.15) is 18.4 Å². The lowest BCUT2D eigenvalue weighted by atomic mass is 9.99. The zero-order valence-corrected chi connectivity index (χ0v) is 19.6. The van der Waals surface area contributed by atoms with E-state index in [2.05, 4.69) is 5.32 Å². The van der Waals surface area contributed by atoms with Gasteiger partial charge in [0.15, 0.2) is 0 Å². The van der Waals surface area contributed by atoms with E-state index < -0.39 is 15.9 Å². The second-order valence-electron chi connectivity index (χ2n) is 7.94. The Kier molecular flexibility index (Phi) is 7.33. The van der Waals surface area contributed by atoms with Gasteiger partial charge in [0.05, 0.1) is 10.8 Å². The van der Waals surface area contributed by atoms with Gasteiger partial charge in [-0.25, -0.2) is 8.42 Å². The van der Waals surface area contributed by atoms with Gasteiger partial charge in [0, 0.05) is 23.8 Å². The number of anilines is 1. The Morgan fingerprint density at radius 3 is 2.39 bits per heavy atom. The second-order valence-corrected chi connectivity index (χ2v) is 10.3. The molecule has 33 heavy (non-hydrogen) atoms. The number of sulfonamides is 1. The quantitative estimate of drug-likeness (QED) is 0.514. The number of carbonyl (C=O) groups is 1. The molecule has 0 radical (unpaired) electrons. The third kappa shape index (κ3) is 5.93. The molecule has 1 aliphatic heterocycles. The highest BCUT2D eigenvalue weighted by molar-refractivity contribution is 7.89. The summed E-state index contributed by atoms with van der Waals surface area (Å²) in [5.74, 6) is 0.0912. The van der Waals surface area contributed by atoms with Gasteiger partial charge in [-0.2, -0.15) is 4.31 Å². The second kappa shape index (κ2) is 10.4. The predicted molar refractivity (Wildman–Crippen MR) is 129 cm³/mol. The number of carbonyl (C=O) groups excluding carboxylic acids is 1. The molecule has 3 aromatic carbocycles. The van der Waals surface area contributed by atoms with Crippen molar-refractivity contribution in [2.24, 2.45) is 5.92 Å². The van der Waals surface area contributed by atoms with Crippen LogP contribution in [0.5, 0.6) is 5.75 Å². The van der Waals surface area contributed by atoms with Crippen molar-refractivity contribution >= 4 is 33.2 Å². The van der Waals surface area contributed by atoms with Crippen LogP contribution in [0.3, 0.4) is 0 Å². The minimum absolute atomic E-state index is 0.148. The van der Waals surface area contributed by atoms with Gasteiger partial charge in [-0.1, -0.05) is 41.9 Å². The van der Waals surface area contributed by atoms with Crippen molar-refractivity contribution in [3.05, 3.63) is 89.4 Å². The van der Waals surface area contributed by atoms with Crippen molar-refractivity contribution in [1.82, 2.24) is 4.31 Å². The Morgan fingerprint density at radius 2 is 1.70 bits per heavy atom. The number of nitrogens with one attached hydrogen (secondary N) is 1. The van der Waals surface area contributed by atoms with Crippen molar-refractivity contribution in [3.8, 4) is 5.75 Å². The highest BCUT2D eigenvalue weighted by atomic mass is 35.5. The van der Waals surface area contributed by atoms with Crippen LogP contribution in [0.25, 0.3) is 0 Å². The molecule has 0 spiro atoms. The molecule has 1 saturated heterocycles. The number of nitrogens with zero attached hydrogens (tertiary/aromatic N) is 1. The van der Waals surface area contributed by atoms with E-state index in [0.717, 1.165) is 5.56 Å². The zero-order chi connectivity index (χ0) is 23.3. The van der Waals surface area contributed by atoms with Crippen LogP contribution in [0.4, 0.5) is 5.69 Å². The first-order valence-electron chi connectivity index (χ1n) is 10.8. The number of rotatable bonds is 7. The number of hydrogen-bond acceptors (Lipinski definition) is 4. The van der Waals surface area contributed by atoms with E-state index in [0.29, 0.717) is 42.5 Å². The van der Waals surface area contributed by atoms with Crippen molar-refractivity contribution < 1.29 is 17.9 Å². The molecule has 0 unspecified atom stereocenters. The molecule has 1 aliphatic rings. The van der Waals surface area contributed by atoms with Crippen LogP contribution in [-0.2, 0) is 21.4 Å². The van der Waals surface area contributed by atoms with Crippen molar-refractivity contribution in [2.75, 3.05) is 18.4 Å². The fraction of sp³-hybridized carbons (Fsp3) is 0.240. The maximum Gasteiger partial charge on any atom is 0.243 e. The summed E-state index contributed by atoms with van der Waals surface area (Å²) in [6.07, 6.45) is 1.26. The van der Waals surface area contributed by atoms with Gasteiger partial charge in [0.1, 0.15) is 12.4 Å². The van der Waals surface area contributed by atoms with E-state index in [1.165, 1.54) is 16.4 Å². The number of hydrogen-bond donors (Lipinski definition) is 1. The minimum Gasteiger partial charge on any atom is -0.489 e. The molecule has 172 valence electrons. The summed E-state index contributed by atoms with van der Waals surface area (Å²) in [7, 11) is -3.67. The van der Waals surface area contributed by atoms with Gasteiger partial charge >= 0.3 is 0 Å². The Bertz CT molecular complexity index is 1180. The van der Waals surface area contributed by atoms with E-state index in [-0.39, 0.29) is 17.3 Å². The molecule has 0 aliphatic carbocycles. The standard InChI is InChI=1S/C25H25ClN2O4S/c26-21-8-14-24(15-9-21)33(30,31)28-16-4-7-20(17-28)25(29)27-22-10-12-23(13-11-22)32-18-19-5-2-1-3-6-19/h1-3,5-6,8-15,20H,4,7,16-18H2,(H,27,29)/t20-/m0/s1. The lowest BCUT2D eigenvalue weighted by Crippen LogP contribution is -2.43. The smallest absolute Gasteiger partial charge is 0.243 e. The summed E-state index contributed by atoms with van der Waals surface area (Å²) in [6.45, 7) is 1.00. The van der Waals surface area contributed by atoms with Crippen molar-refractivity contribution in [1.29, 1.82) is 0 Å². The molecule has 6 nitrogen and oxygen atoms in total. The van der Waals surface area contributed by atoms with Crippen LogP contribution >= 0.6 is 11.6 Å². The predicted octanol–water partition coefficient (Wildman–Crippen LogP) is 4.96. The average molecular weight is 485 g/mol. The third-order valence-corrected chi connectivity index (χ3v) is 7.71. The summed E-state index contributed by atoms with van der Waals surface area (Å²) in [5.41, 5.74) is 1.72. The summed E-state index contributed by atoms with van der Waals surface area (Å²) in [6, 6.07) is 23.1. The number of benzene rings is 3. The molecular weight excluding hydrogens is 460 g/mol. The van der Waals surface area contributed by atoms with Gasteiger partial charge in [-0.3, -0.25) is 4.79 Å². The van der Waals surface area contributed by atoms with Crippen molar-refractivity contribution in [3.63, 3.8) is 0 Å². The summed E-state index contributed by atoms with van der Waals surface area (Å²) >= 11 is 5.88. The van der Waals surface area contributed by atoms with E-state index >= 15 is 0 Å². The van der Waals surface area contributed by atoms with Gasteiger partial charge in [0.2, 0.25) is 15.9 Å². The normalized spacial score (nSPS) is 16.8. The highest BCUT2D eigenvalue weighted by Crippen LogP contribution is 2.26. The van der Waals surface area contributed by atoms with Crippen LogP contribution in [0.2, 0.25) is 5.02 Å². The molecule has 8 heteroatoms. The molecule has 0 bridgehead atoms. The number of halogens is 1. The van der Waals surface area contributed by atoms with Gasteiger partial charge in [-0.05, 0) is 66.9 Å². The maximum atomic E-state index is 13.0. The van der Waals surface area contributed by atoms with E-state index in [1.54, 1.807) is 36.4 Å². The average Bonchev–Trinajstić information content (AvgIpc) is 2.84. The van der Waals surface area contributed by atoms with Crippen LogP contribution in [-0.4, -0.2) is 31.7 Å². The minimum atomic E-state index is -3.67. The first kappa shape index (κ1) is 23.3.